The van der Waals surface area contributed by atoms with Crippen LogP contribution in [0.3, 0.4) is 0 Å². The van der Waals surface area contributed by atoms with Crippen molar-refractivity contribution < 1.29 is 4.74 Å². The Labute approximate surface area is 150 Å². The Morgan fingerprint density at radius 3 is 2.56 bits per heavy atom. The van der Waals surface area contributed by atoms with E-state index in [1.165, 1.54) is 4.88 Å². The van der Waals surface area contributed by atoms with Gasteiger partial charge >= 0.3 is 0 Å². The van der Waals surface area contributed by atoms with Crippen molar-refractivity contribution in [2.24, 2.45) is 0 Å². The fourth-order valence-corrected chi connectivity index (χ4v) is 3.64. The van der Waals surface area contributed by atoms with Gasteiger partial charge in [0.2, 0.25) is 0 Å². The molecular formula is C22H15NOS. The summed E-state index contributed by atoms with van der Waals surface area (Å²) in [6.07, 6.45) is 0. The second-order valence-electron chi connectivity index (χ2n) is 5.77. The van der Waals surface area contributed by atoms with Gasteiger partial charge in [0.15, 0.2) is 0 Å². The summed E-state index contributed by atoms with van der Waals surface area (Å²) >= 11 is 1.68. The fourth-order valence-electron chi connectivity index (χ4n) is 2.88. The molecule has 4 aromatic rings. The first-order valence-electron chi connectivity index (χ1n) is 8.02. The second kappa shape index (κ2) is 6.80. The van der Waals surface area contributed by atoms with Crippen molar-refractivity contribution in [1.29, 1.82) is 5.26 Å². The van der Waals surface area contributed by atoms with Crippen molar-refractivity contribution >= 4 is 22.1 Å². The maximum absolute atomic E-state index is 9.36. The third-order valence-electron chi connectivity index (χ3n) is 4.09. The molecule has 0 atom stereocenters. The van der Waals surface area contributed by atoms with Gasteiger partial charge in [0.05, 0.1) is 11.6 Å². The van der Waals surface area contributed by atoms with E-state index in [1.807, 2.05) is 60.7 Å². The SMILES string of the molecule is N#Cc1cc(-c2cccs2)c2ccc(OCc3ccccc3)cc2c1. The van der Waals surface area contributed by atoms with Gasteiger partial charge in [-0.1, -0.05) is 42.5 Å². The van der Waals surface area contributed by atoms with Crippen LogP contribution in [0.4, 0.5) is 0 Å². The Kier molecular flexibility index (Phi) is 4.20. The average molecular weight is 341 g/mol. The van der Waals surface area contributed by atoms with Crippen LogP contribution in [-0.4, -0.2) is 0 Å². The van der Waals surface area contributed by atoms with Gasteiger partial charge in [0.1, 0.15) is 12.4 Å². The van der Waals surface area contributed by atoms with E-state index >= 15 is 0 Å². The largest absolute Gasteiger partial charge is 0.489 e. The number of ether oxygens (including phenoxy) is 1. The summed E-state index contributed by atoms with van der Waals surface area (Å²) < 4.78 is 5.92. The highest BCUT2D eigenvalue weighted by atomic mass is 32.1. The molecule has 0 amide bonds. The van der Waals surface area contributed by atoms with Crippen LogP contribution in [-0.2, 0) is 6.61 Å². The van der Waals surface area contributed by atoms with Crippen molar-refractivity contribution in [3.05, 3.63) is 89.3 Å². The first kappa shape index (κ1) is 15.4. The van der Waals surface area contributed by atoms with Crippen molar-refractivity contribution in [1.82, 2.24) is 0 Å². The van der Waals surface area contributed by atoms with Crippen LogP contribution in [0.5, 0.6) is 5.75 Å². The number of thiophene rings is 1. The molecule has 2 nitrogen and oxygen atoms in total. The number of nitriles is 1. The minimum atomic E-state index is 0.530. The van der Waals surface area contributed by atoms with E-state index in [-0.39, 0.29) is 0 Å². The quantitative estimate of drug-likeness (QED) is 0.455. The molecule has 1 heterocycles. The summed E-state index contributed by atoms with van der Waals surface area (Å²) in [4.78, 5) is 1.17. The topological polar surface area (TPSA) is 33.0 Å². The maximum atomic E-state index is 9.36. The molecular weight excluding hydrogens is 326 g/mol. The van der Waals surface area contributed by atoms with E-state index in [9.17, 15) is 5.26 Å². The molecule has 0 aliphatic rings. The van der Waals surface area contributed by atoms with Gasteiger partial charge in [-0.15, -0.1) is 11.3 Å². The summed E-state index contributed by atoms with van der Waals surface area (Å²) in [5.41, 5.74) is 2.89. The van der Waals surface area contributed by atoms with Crippen molar-refractivity contribution in [3.63, 3.8) is 0 Å². The zero-order valence-electron chi connectivity index (χ0n) is 13.5. The Morgan fingerprint density at radius 1 is 0.920 bits per heavy atom. The number of rotatable bonds is 4. The highest BCUT2D eigenvalue weighted by Gasteiger charge is 2.09. The van der Waals surface area contributed by atoms with Gasteiger partial charge < -0.3 is 4.74 Å². The van der Waals surface area contributed by atoms with Gasteiger partial charge in [-0.05, 0) is 52.0 Å². The van der Waals surface area contributed by atoms with E-state index in [2.05, 4.69) is 23.6 Å². The lowest BCUT2D eigenvalue weighted by atomic mass is 10.00. The van der Waals surface area contributed by atoms with Gasteiger partial charge in [-0.3, -0.25) is 0 Å². The van der Waals surface area contributed by atoms with Crippen molar-refractivity contribution in [3.8, 4) is 22.3 Å². The molecule has 0 fully saturated rings. The Morgan fingerprint density at radius 2 is 1.80 bits per heavy atom. The number of nitrogens with zero attached hydrogens (tertiary/aromatic N) is 1. The van der Waals surface area contributed by atoms with E-state index in [0.29, 0.717) is 12.2 Å². The van der Waals surface area contributed by atoms with E-state index in [4.69, 9.17) is 4.74 Å². The predicted octanol–water partition coefficient (Wildman–Crippen LogP) is 6.02. The van der Waals surface area contributed by atoms with Crippen molar-refractivity contribution in [2.45, 2.75) is 6.61 Å². The maximum Gasteiger partial charge on any atom is 0.120 e. The molecule has 0 saturated carbocycles. The molecule has 0 aliphatic carbocycles. The van der Waals surface area contributed by atoms with Crippen LogP contribution >= 0.6 is 11.3 Å². The predicted molar refractivity (Wildman–Crippen MR) is 103 cm³/mol. The minimum absolute atomic E-state index is 0.530. The summed E-state index contributed by atoms with van der Waals surface area (Å²) in [5.74, 6) is 0.809. The Bertz CT molecular complexity index is 1050. The highest BCUT2D eigenvalue weighted by Crippen LogP contribution is 2.34. The molecule has 0 aliphatic heterocycles. The molecule has 0 unspecified atom stereocenters. The molecule has 3 heteroatoms. The minimum Gasteiger partial charge on any atom is -0.489 e. The average Bonchev–Trinajstić information content (AvgIpc) is 3.20. The second-order valence-corrected chi connectivity index (χ2v) is 6.72. The Hall–Kier alpha value is -3.09. The van der Waals surface area contributed by atoms with Crippen LogP contribution in [0.2, 0.25) is 0 Å². The fraction of sp³-hybridized carbons (Fsp3) is 0.0455. The molecule has 25 heavy (non-hydrogen) atoms. The lowest BCUT2D eigenvalue weighted by Gasteiger charge is -2.10. The molecule has 0 bridgehead atoms. The van der Waals surface area contributed by atoms with Crippen LogP contribution in [0.15, 0.2) is 78.2 Å². The molecule has 0 radical (unpaired) electrons. The lowest BCUT2D eigenvalue weighted by Crippen LogP contribution is -1.95. The summed E-state index contributed by atoms with van der Waals surface area (Å²) in [6, 6.07) is 26.4. The third-order valence-corrected chi connectivity index (χ3v) is 4.99. The zero-order chi connectivity index (χ0) is 17.1. The first-order chi connectivity index (χ1) is 12.3. The third kappa shape index (κ3) is 3.26. The molecule has 0 N–H and O–H groups in total. The number of hydrogen-bond donors (Lipinski definition) is 0. The standard InChI is InChI=1S/C22H15NOS/c23-14-17-11-18-13-19(24-15-16-5-2-1-3-6-16)8-9-20(18)21(12-17)22-7-4-10-25-22/h1-13H,15H2. The highest BCUT2D eigenvalue weighted by molar-refractivity contribution is 7.13. The number of fused-ring (bicyclic) bond motifs is 1. The monoisotopic (exact) mass is 341 g/mol. The molecule has 4 rings (SSSR count). The van der Waals surface area contributed by atoms with Gasteiger partial charge in [-0.2, -0.15) is 5.26 Å². The zero-order valence-corrected chi connectivity index (χ0v) is 14.3. The molecule has 120 valence electrons. The Balaban J connectivity index is 1.72. The van der Waals surface area contributed by atoms with Crippen LogP contribution in [0.25, 0.3) is 21.2 Å². The van der Waals surface area contributed by atoms with Crippen LogP contribution in [0, 0.1) is 11.3 Å². The van der Waals surface area contributed by atoms with Crippen LogP contribution < -0.4 is 4.74 Å². The van der Waals surface area contributed by atoms with E-state index < -0.39 is 0 Å². The van der Waals surface area contributed by atoms with Gasteiger partial charge in [0.25, 0.3) is 0 Å². The summed E-state index contributed by atoms with van der Waals surface area (Å²) in [6.45, 7) is 0.530. The number of benzene rings is 3. The van der Waals surface area contributed by atoms with Gasteiger partial charge in [0, 0.05) is 10.4 Å². The van der Waals surface area contributed by atoms with Crippen molar-refractivity contribution in [2.75, 3.05) is 0 Å². The first-order valence-corrected chi connectivity index (χ1v) is 8.90. The molecule has 3 aromatic carbocycles. The smallest absolute Gasteiger partial charge is 0.120 e. The summed E-state index contributed by atoms with van der Waals surface area (Å²) in [7, 11) is 0. The molecule has 1 aromatic heterocycles. The summed E-state index contributed by atoms with van der Waals surface area (Å²) in [5, 5.41) is 13.6. The van der Waals surface area contributed by atoms with E-state index in [0.717, 1.165) is 27.6 Å². The molecule has 0 saturated heterocycles. The normalized spacial score (nSPS) is 10.5. The molecule has 0 spiro atoms. The number of hydrogen-bond acceptors (Lipinski definition) is 3. The van der Waals surface area contributed by atoms with E-state index in [1.54, 1.807) is 11.3 Å². The van der Waals surface area contributed by atoms with Gasteiger partial charge in [-0.25, -0.2) is 0 Å². The lowest BCUT2D eigenvalue weighted by molar-refractivity contribution is 0.306. The van der Waals surface area contributed by atoms with Crippen LogP contribution in [0.1, 0.15) is 11.1 Å².